The Morgan fingerprint density at radius 1 is 1.23 bits per heavy atom. The highest BCUT2D eigenvalue weighted by molar-refractivity contribution is 6.29. The van der Waals surface area contributed by atoms with Crippen LogP contribution >= 0.6 is 11.6 Å². The number of aromatic nitrogens is 3. The molecule has 0 unspecified atom stereocenters. The Labute approximate surface area is 130 Å². The number of nitrogens with zero attached hydrogens (tertiary/aromatic N) is 3. The van der Waals surface area contributed by atoms with Gasteiger partial charge in [0.25, 0.3) is 0 Å². The fourth-order valence-corrected chi connectivity index (χ4v) is 2.17. The molecule has 110 valence electrons. The minimum atomic E-state index is -0.989. The number of rotatable bonds is 3. The summed E-state index contributed by atoms with van der Waals surface area (Å²) in [6, 6.07) is 8.23. The predicted molar refractivity (Wildman–Crippen MR) is 83.8 cm³/mol. The van der Waals surface area contributed by atoms with Gasteiger partial charge in [-0.1, -0.05) is 17.7 Å². The van der Waals surface area contributed by atoms with Crippen molar-refractivity contribution in [1.29, 1.82) is 0 Å². The zero-order valence-electron chi connectivity index (χ0n) is 11.5. The molecule has 0 spiro atoms. The molecule has 2 heterocycles. The van der Waals surface area contributed by atoms with Crippen LogP contribution in [0.3, 0.4) is 0 Å². The first-order valence-electron chi connectivity index (χ1n) is 6.43. The number of halogens is 1. The van der Waals surface area contributed by atoms with Crippen LogP contribution in [0.15, 0.2) is 36.7 Å². The summed E-state index contributed by atoms with van der Waals surface area (Å²) in [6.07, 6.45) is 1.41. The van der Waals surface area contributed by atoms with Crippen molar-refractivity contribution in [2.24, 2.45) is 0 Å². The number of aromatic carboxylic acids is 1. The summed E-state index contributed by atoms with van der Waals surface area (Å²) in [5.41, 5.74) is 2.89. The molecule has 0 saturated carbocycles. The Balaban J connectivity index is 2.09. The maximum Gasteiger partial charge on any atom is 0.335 e. The molecule has 3 rings (SSSR count). The monoisotopic (exact) mass is 314 g/mol. The van der Waals surface area contributed by atoms with Crippen molar-refractivity contribution in [3.63, 3.8) is 0 Å². The molecule has 6 nitrogen and oxygen atoms in total. The van der Waals surface area contributed by atoms with E-state index in [1.54, 1.807) is 30.3 Å². The maximum absolute atomic E-state index is 11.1. The summed E-state index contributed by atoms with van der Waals surface area (Å²) < 4.78 is 0. The van der Waals surface area contributed by atoms with Gasteiger partial charge in [-0.25, -0.2) is 19.7 Å². The Morgan fingerprint density at radius 3 is 2.82 bits per heavy atom. The summed E-state index contributed by atoms with van der Waals surface area (Å²) >= 11 is 5.92. The standard InChI is InChI=1S/C15H11ClN4O2/c1-8-2-3-9(15(21)22)6-11(8)19-14-13-10(17-7-18-14)4-5-12(16)20-13/h2-7H,1H3,(H,21,22)(H,17,18,19). The van der Waals surface area contributed by atoms with Crippen molar-refractivity contribution in [2.75, 3.05) is 5.32 Å². The zero-order valence-corrected chi connectivity index (χ0v) is 12.3. The van der Waals surface area contributed by atoms with Crippen molar-refractivity contribution in [1.82, 2.24) is 15.0 Å². The second-order valence-corrected chi connectivity index (χ2v) is 5.07. The van der Waals surface area contributed by atoms with E-state index in [-0.39, 0.29) is 5.56 Å². The van der Waals surface area contributed by atoms with E-state index < -0.39 is 5.97 Å². The van der Waals surface area contributed by atoms with Gasteiger partial charge < -0.3 is 10.4 Å². The van der Waals surface area contributed by atoms with Crippen LogP contribution in [0.4, 0.5) is 11.5 Å². The molecule has 0 aliphatic carbocycles. The molecule has 0 bridgehead atoms. The Kier molecular flexibility index (Phi) is 3.60. The van der Waals surface area contributed by atoms with Gasteiger partial charge in [-0.3, -0.25) is 0 Å². The smallest absolute Gasteiger partial charge is 0.335 e. The largest absolute Gasteiger partial charge is 0.478 e. The van der Waals surface area contributed by atoms with Crippen molar-refractivity contribution >= 4 is 40.1 Å². The van der Waals surface area contributed by atoms with E-state index in [2.05, 4.69) is 20.3 Å². The molecular weight excluding hydrogens is 304 g/mol. The zero-order chi connectivity index (χ0) is 15.7. The van der Waals surface area contributed by atoms with Crippen LogP contribution in [-0.4, -0.2) is 26.0 Å². The molecule has 0 saturated heterocycles. The van der Waals surface area contributed by atoms with Crippen molar-refractivity contribution in [2.45, 2.75) is 6.92 Å². The highest BCUT2D eigenvalue weighted by Crippen LogP contribution is 2.25. The molecule has 2 N–H and O–H groups in total. The molecule has 22 heavy (non-hydrogen) atoms. The van der Waals surface area contributed by atoms with Crippen molar-refractivity contribution in [3.8, 4) is 0 Å². The van der Waals surface area contributed by atoms with Crippen molar-refractivity contribution < 1.29 is 9.90 Å². The molecule has 7 heteroatoms. The first-order valence-corrected chi connectivity index (χ1v) is 6.80. The molecule has 0 aliphatic heterocycles. The average Bonchev–Trinajstić information content (AvgIpc) is 2.49. The molecule has 0 radical (unpaired) electrons. The number of fused-ring (bicyclic) bond motifs is 1. The van der Waals surface area contributed by atoms with Crippen LogP contribution in [0, 0.1) is 6.92 Å². The number of aryl methyl sites for hydroxylation is 1. The molecule has 0 aliphatic rings. The molecule has 3 aromatic rings. The second-order valence-electron chi connectivity index (χ2n) is 4.68. The fraction of sp³-hybridized carbons (Fsp3) is 0.0667. The number of carboxylic acid groups (broad SMARTS) is 1. The molecule has 2 aromatic heterocycles. The highest BCUT2D eigenvalue weighted by atomic mass is 35.5. The van der Waals surface area contributed by atoms with E-state index >= 15 is 0 Å². The molecular formula is C15H11ClN4O2. The van der Waals surface area contributed by atoms with E-state index in [0.717, 1.165) is 5.56 Å². The van der Waals surface area contributed by atoms with Gasteiger partial charge in [-0.15, -0.1) is 0 Å². The number of carbonyl (C=O) groups is 1. The molecule has 0 atom stereocenters. The summed E-state index contributed by atoms with van der Waals surface area (Å²) in [7, 11) is 0. The summed E-state index contributed by atoms with van der Waals surface area (Å²) in [6.45, 7) is 1.87. The van der Waals surface area contributed by atoms with E-state index in [0.29, 0.717) is 27.7 Å². The lowest BCUT2D eigenvalue weighted by molar-refractivity contribution is 0.0697. The third kappa shape index (κ3) is 2.68. The van der Waals surface area contributed by atoms with Gasteiger partial charge in [0.2, 0.25) is 0 Å². The fourth-order valence-electron chi connectivity index (χ4n) is 2.03. The van der Waals surface area contributed by atoms with Crippen LogP contribution in [0.5, 0.6) is 0 Å². The van der Waals surface area contributed by atoms with Crippen LogP contribution in [0.1, 0.15) is 15.9 Å². The average molecular weight is 315 g/mol. The van der Waals surface area contributed by atoms with E-state index in [4.69, 9.17) is 16.7 Å². The first-order chi connectivity index (χ1) is 10.5. The number of anilines is 2. The highest BCUT2D eigenvalue weighted by Gasteiger charge is 2.10. The number of pyridine rings is 1. The predicted octanol–water partition coefficient (Wildman–Crippen LogP) is 3.43. The maximum atomic E-state index is 11.1. The topological polar surface area (TPSA) is 88.0 Å². The Morgan fingerprint density at radius 2 is 2.05 bits per heavy atom. The third-order valence-electron chi connectivity index (χ3n) is 3.19. The SMILES string of the molecule is Cc1ccc(C(=O)O)cc1Nc1ncnc2ccc(Cl)nc12. The van der Waals surface area contributed by atoms with Gasteiger partial charge in [0.1, 0.15) is 17.0 Å². The normalized spacial score (nSPS) is 10.6. The van der Waals surface area contributed by atoms with Crippen LogP contribution in [-0.2, 0) is 0 Å². The van der Waals surface area contributed by atoms with Crippen LogP contribution < -0.4 is 5.32 Å². The van der Waals surface area contributed by atoms with Gasteiger partial charge >= 0.3 is 5.97 Å². The molecule has 1 aromatic carbocycles. The summed E-state index contributed by atoms with van der Waals surface area (Å²) in [5, 5.41) is 12.5. The number of nitrogens with one attached hydrogen (secondary N) is 1. The Hall–Kier alpha value is -2.73. The lowest BCUT2D eigenvalue weighted by Crippen LogP contribution is -2.02. The second kappa shape index (κ2) is 5.57. The lowest BCUT2D eigenvalue weighted by atomic mass is 10.1. The van der Waals surface area contributed by atoms with Gasteiger partial charge in [-0.2, -0.15) is 0 Å². The minimum Gasteiger partial charge on any atom is -0.478 e. The van der Waals surface area contributed by atoms with Gasteiger partial charge in [-0.05, 0) is 36.8 Å². The van der Waals surface area contributed by atoms with Gasteiger partial charge in [0.15, 0.2) is 5.82 Å². The molecule has 0 fully saturated rings. The van der Waals surface area contributed by atoms with Crippen LogP contribution in [0.2, 0.25) is 5.15 Å². The number of benzene rings is 1. The van der Waals surface area contributed by atoms with Crippen molar-refractivity contribution in [3.05, 3.63) is 52.9 Å². The minimum absolute atomic E-state index is 0.192. The number of carboxylic acids is 1. The summed E-state index contributed by atoms with van der Waals surface area (Å²) in [4.78, 5) is 23.6. The third-order valence-corrected chi connectivity index (χ3v) is 3.40. The van der Waals surface area contributed by atoms with Crippen LogP contribution in [0.25, 0.3) is 11.0 Å². The van der Waals surface area contributed by atoms with E-state index in [1.807, 2.05) is 6.92 Å². The van der Waals surface area contributed by atoms with E-state index in [1.165, 1.54) is 6.33 Å². The van der Waals surface area contributed by atoms with E-state index in [9.17, 15) is 4.79 Å². The lowest BCUT2D eigenvalue weighted by Gasteiger charge is -2.11. The Bertz CT molecular complexity index is 883. The first kappa shape index (κ1) is 14.2. The number of hydrogen-bond acceptors (Lipinski definition) is 5. The van der Waals surface area contributed by atoms with Gasteiger partial charge in [0.05, 0.1) is 11.1 Å². The quantitative estimate of drug-likeness (QED) is 0.720. The molecule has 0 amide bonds. The summed E-state index contributed by atoms with van der Waals surface area (Å²) in [5.74, 6) is -0.519. The number of hydrogen-bond donors (Lipinski definition) is 2. The van der Waals surface area contributed by atoms with Gasteiger partial charge in [0, 0.05) is 5.69 Å².